The molecule has 0 saturated carbocycles. The normalized spacial score (nSPS) is 8.11. The minimum absolute atomic E-state index is 0. The molecular weight excluding hydrogens is 144 g/mol. The van der Waals surface area contributed by atoms with Crippen molar-refractivity contribution in [3.05, 3.63) is 35.9 Å². The summed E-state index contributed by atoms with van der Waals surface area (Å²) in [5.41, 5.74) is 1.28. The van der Waals surface area contributed by atoms with E-state index in [0.29, 0.717) is 0 Å². The summed E-state index contributed by atoms with van der Waals surface area (Å²) in [6.07, 6.45) is 1.08. The second-order valence-electron chi connectivity index (χ2n) is 1.74. The summed E-state index contributed by atoms with van der Waals surface area (Å²) in [4.78, 5) is 0. The average Bonchev–Trinajstić information content (AvgIpc) is 1.90. The maximum Gasteiger partial charge on any atom is 0 e. The molecule has 0 atom stereocenters. The number of hydrogen-bond acceptors (Lipinski definition) is 0. The van der Waals surface area contributed by atoms with Crippen LogP contribution in [0.5, 0.6) is 0 Å². The monoisotopic (exact) mass is 153 g/mol. The Morgan fingerprint density at radius 3 is 2.56 bits per heavy atom. The van der Waals surface area contributed by atoms with Crippen LogP contribution < -0.4 is 0 Å². The fourth-order valence-corrected chi connectivity index (χ4v) is 0.650. The van der Waals surface area contributed by atoms with Gasteiger partial charge in [-0.05, 0) is 0 Å². The van der Waals surface area contributed by atoms with E-state index in [1.54, 1.807) is 0 Å². The molecule has 0 aliphatic carbocycles. The SMILES string of the molecule is CCc1[c-]cccc1.[Ti]. The van der Waals surface area contributed by atoms with Crippen molar-refractivity contribution in [3.63, 3.8) is 0 Å². The van der Waals surface area contributed by atoms with Gasteiger partial charge in [-0.25, -0.2) is 0 Å². The molecule has 0 aliphatic rings. The van der Waals surface area contributed by atoms with Crippen molar-refractivity contribution in [3.8, 4) is 0 Å². The first-order valence-electron chi connectivity index (χ1n) is 2.89. The molecule has 1 rings (SSSR count). The summed E-state index contributed by atoms with van der Waals surface area (Å²) in [5.74, 6) is 0. The summed E-state index contributed by atoms with van der Waals surface area (Å²) in [6, 6.07) is 11.2. The molecule has 46 valence electrons. The number of rotatable bonds is 1. The maximum atomic E-state index is 3.12. The summed E-state index contributed by atoms with van der Waals surface area (Å²) >= 11 is 0. The molecule has 9 heavy (non-hydrogen) atoms. The molecule has 0 amide bonds. The second kappa shape index (κ2) is 4.78. The van der Waals surface area contributed by atoms with Gasteiger partial charge >= 0.3 is 0 Å². The first-order valence-corrected chi connectivity index (χ1v) is 2.89. The van der Waals surface area contributed by atoms with Gasteiger partial charge in [0, 0.05) is 21.7 Å². The van der Waals surface area contributed by atoms with Gasteiger partial charge in [0.15, 0.2) is 0 Å². The van der Waals surface area contributed by atoms with Crippen molar-refractivity contribution in [1.29, 1.82) is 0 Å². The molecule has 0 aliphatic heterocycles. The third kappa shape index (κ3) is 2.83. The van der Waals surface area contributed by atoms with Gasteiger partial charge in [-0.3, -0.25) is 0 Å². The quantitative estimate of drug-likeness (QED) is 0.427. The van der Waals surface area contributed by atoms with E-state index in [1.807, 2.05) is 18.2 Å². The van der Waals surface area contributed by atoms with E-state index in [9.17, 15) is 0 Å². The Morgan fingerprint density at radius 1 is 1.44 bits per heavy atom. The van der Waals surface area contributed by atoms with Gasteiger partial charge in [0.1, 0.15) is 0 Å². The van der Waals surface area contributed by atoms with Crippen LogP contribution in [-0.4, -0.2) is 0 Å². The molecule has 0 fully saturated rings. The predicted octanol–water partition coefficient (Wildman–Crippen LogP) is 2.05. The van der Waals surface area contributed by atoms with E-state index in [-0.39, 0.29) is 21.7 Å². The molecule has 0 spiro atoms. The van der Waals surface area contributed by atoms with Crippen LogP contribution in [0.3, 0.4) is 0 Å². The van der Waals surface area contributed by atoms with E-state index < -0.39 is 0 Å². The Hall–Kier alpha value is -0.0657. The predicted molar refractivity (Wildman–Crippen MR) is 34.7 cm³/mol. The van der Waals surface area contributed by atoms with Crippen molar-refractivity contribution in [2.75, 3.05) is 0 Å². The van der Waals surface area contributed by atoms with E-state index in [1.165, 1.54) is 5.56 Å². The van der Waals surface area contributed by atoms with Crippen LogP contribution in [0.4, 0.5) is 0 Å². The number of aryl methyl sites for hydroxylation is 1. The van der Waals surface area contributed by atoms with E-state index in [0.717, 1.165) is 6.42 Å². The Morgan fingerprint density at radius 2 is 2.22 bits per heavy atom. The standard InChI is InChI=1S/C8H9.Ti/c1-2-8-6-4-3-5-7-8;/h3-6H,2H2,1H3;/q-1;. The van der Waals surface area contributed by atoms with Crippen LogP contribution in [0.2, 0.25) is 0 Å². The van der Waals surface area contributed by atoms with Crippen LogP contribution in [-0.2, 0) is 28.1 Å². The third-order valence-corrected chi connectivity index (χ3v) is 1.15. The van der Waals surface area contributed by atoms with Crippen LogP contribution in [0.1, 0.15) is 12.5 Å². The zero-order valence-corrected chi connectivity index (χ0v) is 7.08. The molecular formula is C8H9Ti-. The van der Waals surface area contributed by atoms with Crippen molar-refractivity contribution in [1.82, 2.24) is 0 Å². The number of hydrogen-bond donors (Lipinski definition) is 0. The van der Waals surface area contributed by atoms with Gasteiger partial charge in [-0.1, -0.05) is 13.3 Å². The zero-order chi connectivity index (χ0) is 5.82. The minimum Gasteiger partial charge on any atom is -0.180 e. The van der Waals surface area contributed by atoms with Gasteiger partial charge in [0.25, 0.3) is 0 Å². The molecule has 0 N–H and O–H groups in total. The first kappa shape index (κ1) is 8.93. The average molecular weight is 153 g/mol. The van der Waals surface area contributed by atoms with Crippen LogP contribution >= 0.6 is 0 Å². The molecule has 1 aromatic rings. The van der Waals surface area contributed by atoms with E-state index >= 15 is 0 Å². The molecule has 1 aromatic carbocycles. The largest absolute Gasteiger partial charge is 0.180 e. The molecule has 0 aromatic heterocycles. The molecule has 1 heteroatoms. The minimum atomic E-state index is 0. The Balaban J connectivity index is 0.000000640. The van der Waals surface area contributed by atoms with Crippen LogP contribution in [0, 0.1) is 6.07 Å². The van der Waals surface area contributed by atoms with Crippen LogP contribution in [0.25, 0.3) is 0 Å². The molecule has 0 heterocycles. The summed E-state index contributed by atoms with van der Waals surface area (Å²) in [7, 11) is 0. The second-order valence-corrected chi connectivity index (χ2v) is 1.74. The van der Waals surface area contributed by atoms with Crippen LogP contribution in [0.15, 0.2) is 24.3 Å². The smallest absolute Gasteiger partial charge is 0 e. The van der Waals surface area contributed by atoms with Crippen molar-refractivity contribution in [2.45, 2.75) is 13.3 Å². The van der Waals surface area contributed by atoms with Crippen molar-refractivity contribution in [2.24, 2.45) is 0 Å². The number of benzene rings is 1. The van der Waals surface area contributed by atoms with Crippen molar-refractivity contribution >= 4 is 0 Å². The molecule has 0 unspecified atom stereocenters. The summed E-state index contributed by atoms with van der Waals surface area (Å²) in [6.45, 7) is 2.13. The fourth-order valence-electron chi connectivity index (χ4n) is 0.650. The van der Waals surface area contributed by atoms with Gasteiger partial charge < -0.3 is 0 Å². The van der Waals surface area contributed by atoms with Gasteiger partial charge in [-0.2, -0.15) is 35.9 Å². The summed E-state index contributed by atoms with van der Waals surface area (Å²) in [5, 5.41) is 0. The van der Waals surface area contributed by atoms with E-state index in [4.69, 9.17) is 0 Å². The van der Waals surface area contributed by atoms with E-state index in [2.05, 4.69) is 19.1 Å². The molecule has 0 bridgehead atoms. The Bertz CT molecular complexity index is 146. The van der Waals surface area contributed by atoms with Crippen molar-refractivity contribution < 1.29 is 21.7 Å². The Kier molecular flexibility index (Phi) is 4.74. The molecule has 0 radical (unpaired) electrons. The Labute approximate surface area is 71.2 Å². The summed E-state index contributed by atoms with van der Waals surface area (Å²) < 4.78 is 0. The third-order valence-electron chi connectivity index (χ3n) is 1.15. The molecule has 0 saturated heterocycles. The molecule has 0 nitrogen and oxygen atoms in total. The first-order chi connectivity index (χ1) is 3.93. The zero-order valence-electron chi connectivity index (χ0n) is 5.52. The maximum absolute atomic E-state index is 3.12. The van der Waals surface area contributed by atoms with Gasteiger partial charge in [-0.15, -0.1) is 0 Å². The van der Waals surface area contributed by atoms with Gasteiger partial charge in [0.2, 0.25) is 0 Å². The topological polar surface area (TPSA) is 0 Å². The fraction of sp³-hybridized carbons (Fsp3) is 0.250. The van der Waals surface area contributed by atoms with Gasteiger partial charge in [0.05, 0.1) is 0 Å².